The highest BCUT2D eigenvalue weighted by atomic mass is 19.1. The Bertz CT molecular complexity index is 938. The van der Waals surface area contributed by atoms with Gasteiger partial charge < -0.3 is 10.2 Å². The van der Waals surface area contributed by atoms with E-state index < -0.39 is 11.7 Å². The van der Waals surface area contributed by atoms with Crippen LogP contribution < -0.4 is 10.2 Å². The van der Waals surface area contributed by atoms with E-state index in [9.17, 15) is 9.18 Å². The van der Waals surface area contributed by atoms with E-state index in [2.05, 4.69) is 20.2 Å². The van der Waals surface area contributed by atoms with Crippen LogP contribution in [-0.4, -0.2) is 29.0 Å². The number of hydrogen-bond donors (Lipinski definition) is 1. The number of halogens is 1. The van der Waals surface area contributed by atoms with Gasteiger partial charge >= 0.3 is 0 Å². The lowest BCUT2D eigenvalue weighted by molar-refractivity contribution is 0.102. The van der Waals surface area contributed by atoms with Crippen molar-refractivity contribution in [3.8, 4) is 0 Å². The monoisotopic (exact) mass is 336 g/mol. The van der Waals surface area contributed by atoms with Gasteiger partial charge in [0.2, 0.25) is 0 Å². The van der Waals surface area contributed by atoms with Gasteiger partial charge in [-0.3, -0.25) is 4.79 Å². The number of anilines is 2. The van der Waals surface area contributed by atoms with Gasteiger partial charge in [0, 0.05) is 24.2 Å². The SMILES string of the molecule is O=C(Nc1ccc2c(N3CCCC3)ncnc2c1)c1ccccc1F. The molecule has 3 aromatic rings. The summed E-state index contributed by atoms with van der Waals surface area (Å²) in [5, 5.41) is 3.68. The molecule has 0 atom stereocenters. The molecular formula is C19H17FN4O. The van der Waals surface area contributed by atoms with Crippen LogP contribution in [0.5, 0.6) is 0 Å². The number of nitrogens with one attached hydrogen (secondary N) is 1. The zero-order valence-electron chi connectivity index (χ0n) is 13.6. The molecule has 0 bridgehead atoms. The smallest absolute Gasteiger partial charge is 0.258 e. The van der Waals surface area contributed by atoms with Crippen molar-refractivity contribution in [1.82, 2.24) is 9.97 Å². The summed E-state index contributed by atoms with van der Waals surface area (Å²) in [4.78, 5) is 23.2. The fourth-order valence-electron chi connectivity index (χ4n) is 3.15. The highest BCUT2D eigenvalue weighted by Crippen LogP contribution is 2.28. The lowest BCUT2D eigenvalue weighted by Gasteiger charge is -2.18. The van der Waals surface area contributed by atoms with Crippen LogP contribution in [0.15, 0.2) is 48.8 Å². The lowest BCUT2D eigenvalue weighted by atomic mass is 10.1. The second-order valence-electron chi connectivity index (χ2n) is 6.06. The Kier molecular flexibility index (Phi) is 4.01. The molecule has 126 valence electrons. The van der Waals surface area contributed by atoms with Crippen molar-refractivity contribution in [1.29, 1.82) is 0 Å². The van der Waals surface area contributed by atoms with Crippen LogP contribution in [0.3, 0.4) is 0 Å². The van der Waals surface area contributed by atoms with E-state index in [1.54, 1.807) is 30.6 Å². The number of fused-ring (bicyclic) bond motifs is 1. The number of aromatic nitrogens is 2. The number of nitrogens with zero attached hydrogens (tertiary/aromatic N) is 3. The maximum Gasteiger partial charge on any atom is 0.258 e. The first-order valence-electron chi connectivity index (χ1n) is 8.28. The molecule has 6 heteroatoms. The number of carbonyl (C=O) groups is 1. The molecule has 1 aliphatic rings. The standard InChI is InChI=1S/C19H17FN4O/c20-16-6-2-1-5-14(16)19(25)23-13-7-8-15-17(11-13)21-12-22-18(15)24-9-3-4-10-24/h1-2,5-8,11-12H,3-4,9-10H2,(H,23,25). The summed E-state index contributed by atoms with van der Waals surface area (Å²) in [6, 6.07) is 11.4. The summed E-state index contributed by atoms with van der Waals surface area (Å²) < 4.78 is 13.7. The minimum atomic E-state index is -0.542. The molecule has 0 saturated carbocycles. The normalized spacial score (nSPS) is 14.0. The summed E-state index contributed by atoms with van der Waals surface area (Å²) >= 11 is 0. The Balaban J connectivity index is 1.63. The molecule has 0 radical (unpaired) electrons. The second kappa shape index (κ2) is 6.47. The molecule has 1 aliphatic heterocycles. The molecule has 2 heterocycles. The zero-order valence-corrected chi connectivity index (χ0v) is 13.6. The van der Waals surface area contributed by atoms with Crippen LogP contribution in [0, 0.1) is 5.82 Å². The lowest BCUT2D eigenvalue weighted by Crippen LogP contribution is -2.19. The van der Waals surface area contributed by atoms with Crippen molar-refractivity contribution >= 4 is 28.3 Å². The first-order chi connectivity index (χ1) is 12.2. The Labute approximate surface area is 144 Å². The van der Waals surface area contributed by atoms with Crippen molar-refractivity contribution in [3.63, 3.8) is 0 Å². The highest BCUT2D eigenvalue weighted by molar-refractivity contribution is 6.05. The van der Waals surface area contributed by atoms with Gasteiger partial charge in [-0.15, -0.1) is 0 Å². The van der Waals surface area contributed by atoms with Crippen molar-refractivity contribution in [2.24, 2.45) is 0 Å². The summed E-state index contributed by atoms with van der Waals surface area (Å²) in [7, 11) is 0. The molecular weight excluding hydrogens is 319 g/mol. The third-order valence-electron chi connectivity index (χ3n) is 4.40. The molecule has 1 saturated heterocycles. The summed E-state index contributed by atoms with van der Waals surface area (Å²) in [6.07, 6.45) is 3.88. The van der Waals surface area contributed by atoms with Gasteiger partial charge in [0.15, 0.2) is 0 Å². The third kappa shape index (κ3) is 3.03. The van der Waals surface area contributed by atoms with Crippen LogP contribution >= 0.6 is 0 Å². The molecule has 1 aromatic heterocycles. The minimum absolute atomic E-state index is 0.0167. The van der Waals surface area contributed by atoms with E-state index in [4.69, 9.17) is 0 Å². The fraction of sp³-hybridized carbons (Fsp3) is 0.211. The van der Waals surface area contributed by atoms with Gasteiger partial charge in [-0.05, 0) is 43.2 Å². The molecule has 0 aliphatic carbocycles. The van der Waals surface area contributed by atoms with Crippen molar-refractivity contribution in [2.75, 3.05) is 23.3 Å². The molecule has 1 N–H and O–H groups in total. The van der Waals surface area contributed by atoms with Gasteiger partial charge in [0.1, 0.15) is 18.0 Å². The van der Waals surface area contributed by atoms with E-state index >= 15 is 0 Å². The van der Waals surface area contributed by atoms with Crippen LogP contribution in [0.2, 0.25) is 0 Å². The minimum Gasteiger partial charge on any atom is -0.356 e. The summed E-state index contributed by atoms with van der Waals surface area (Å²) in [5.74, 6) is -0.0970. The van der Waals surface area contributed by atoms with E-state index in [0.29, 0.717) is 5.69 Å². The Morgan fingerprint density at radius 2 is 1.88 bits per heavy atom. The van der Waals surface area contributed by atoms with Gasteiger partial charge in [-0.25, -0.2) is 14.4 Å². The van der Waals surface area contributed by atoms with Crippen LogP contribution in [0.25, 0.3) is 10.9 Å². The first kappa shape index (κ1) is 15.5. The molecule has 0 spiro atoms. The van der Waals surface area contributed by atoms with Crippen LogP contribution in [0.1, 0.15) is 23.2 Å². The van der Waals surface area contributed by atoms with Gasteiger partial charge in [-0.2, -0.15) is 0 Å². The number of amides is 1. The fourth-order valence-corrected chi connectivity index (χ4v) is 3.15. The van der Waals surface area contributed by atoms with Crippen molar-refractivity contribution < 1.29 is 9.18 Å². The van der Waals surface area contributed by atoms with E-state index in [-0.39, 0.29) is 5.56 Å². The summed E-state index contributed by atoms with van der Waals surface area (Å²) in [6.45, 7) is 2.00. The molecule has 0 unspecified atom stereocenters. The first-order valence-corrected chi connectivity index (χ1v) is 8.28. The number of carbonyl (C=O) groups excluding carboxylic acids is 1. The largest absolute Gasteiger partial charge is 0.356 e. The second-order valence-corrected chi connectivity index (χ2v) is 6.06. The van der Waals surface area contributed by atoms with E-state index in [1.165, 1.54) is 25.0 Å². The topological polar surface area (TPSA) is 58.1 Å². The van der Waals surface area contributed by atoms with Crippen molar-refractivity contribution in [2.45, 2.75) is 12.8 Å². The molecule has 4 rings (SSSR count). The predicted molar refractivity (Wildman–Crippen MR) is 95.3 cm³/mol. The Morgan fingerprint density at radius 1 is 1.08 bits per heavy atom. The molecule has 5 nitrogen and oxygen atoms in total. The average Bonchev–Trinajstić information content (AvgIpc) is 3.16. The number of hydrogen-bond acceptors (Lipinski definition) is 4. The quantitative estimate of drug-likeness (QED) is 0.794. The predicted octanol–water partition coefficient (Wildman–Crippen LogP) is 3.62. The van der Waals surface area contributed by atoms with Crippen molar-refractivity contribution in [3.05, 3.63) is 60.2 Å². The average molecular weight is 336 g/mol. The van der Waals surface area contributed by atoms with E-state index in [1.807, 2.05) is 6.07 Å². The van der Waals surface area contributed by atoms with Crippen LogP contribution in [-0.2, 0) is 0 Å². The third-order valence-corrected chi connectivity index (χ3v) is 4.40. The maximum atomic E-state index is 13.7. The maximum absolute atomic E-state index is 13.7. The van der Waals surface area contributed by atoms with Crippen LogP contribution in [0.4, 0.5) is 15.9 Å². The molecule has 1 fully saturated rings. The van der Waals surface area contributed by atoms with E-state index in [0.717, 1.165) is 29.8 Å². The summed E-state index contributed by atoms with van der Waals surface area (Å²) in [5.41, 5.74) is 1.35. The number of benzene rings is 2. The van der Waals surface area contributed by atoms with Gasteiger partial charge in [0.25, 0.3) is 5.91 Å². The zero-order chi connectivity index (χ0) is 17.2. The highest BCUT2D eigenvalue weighted by Gasteiger charge is 2.17. The molecule has 2 aromatic carbocycles. The molecule has 25 heavy (non-hydrogen) atoms. The molecule has 1 amide bonds. The Morgan fingerprint density at radius 3 is 2.68 bits per heavy atom. The van der Waals surface area contributed by atoms with Gasteiger partial charge in [0.05, 0.1) is 11.1 Å². The Hall–Kier alpha value is -3.02. The number of rotatable bonds is 3. The van der Waals surface area contributed by atoms with Gasteiger partial charge in [-0.1, -0.05) is 12.1 Å².